The maximum absolute atomic E-state index is 12.2. The Kier molecular flexibility index (Phi) is 8.74. The highest BCUT2D eigenvalue weighted by Crippen LogP contribution is 2.30. The molecule has 1 aromatic heterocycles. The lowest BCUT2D eigenvalue weighted by atomic mass is 9.97. The number of halogens is 2. The van der Waals surface area contributed by atoms with Crippen LogP contribution in [0.15, 0.2) is 18.2 Å². The van der Waals surface area contributed by atoms with Crippen molar-refractivity contribution in [3.05, 3.63) is 45.2 Å². The van der Waals surface area contributed by atoms with E-state index in [4.69, 9.17) is 39.4 Å². The second-order valence-corrected chi connectivity index (χ2v) is 10.3. The fourth-order valence-electron chi connectivity index (χ4n) is 5.34. The summed E-state index contributed by atoms with van der Waals surface area (Å²) in [5.41, 5.74) is 12.6. The maximum Gasteiger partial charge on any atom is 0.338 e. The van der Waals surface area contributed by atoms with Gasteiger partial charge in [0.05, 0.1) is 12.7 Å². The molecule has 0 spiro atoms. The molecule has 0 saturated carbocycles. The SMILES string of the molecule is CC[C@H]1CN(c2nc(N)c(C(N)=O)nc2Cl)CCN1C1CCN(Cc2ccc(Cl)cc2C(=O)OC)CC1. The molecule has 0 aliphatic carbocycles. The molecule has 1 atom stereocenters. The lowest BCUT2D eigenvalue weighted by Gasteiger charge is -2.47. The average Bonchev–Trinajstić information content (AvgIpc) is 2.90. The number of likely N-dealkylation sites (tertiary alicyclic amines) is 1. The molecule has 4 rings (SSSR count). The summed E-state index contributed by atoms with van der Waals surface area (Å²) in [7, 11) is 1.38. The van der Waals surface area contributed by atoms with E-state index in [9.17, 15) is 9.59 Å². The molecule has 2 aliphatic heterocycles. The normalized spacial score (nSPS) is 19.7. The van der Waals surface area contributed by atoms with Gasteiger partial charge in [-0.1, -0.05) is 36.2 Å². The molecule has 2 fully saturated rings. The number of piperazine rings is 1. The summed E-state index contributed by atoms with van der Waals surface area (Å²) in [5.74, 6) is -0.641. The second-order valence-electron chi connectivity index (χ2n) is 9.48. The van der Waals surface area contributed by atoms with Gasteiger partial charge in [0.25, 0.3) is 5.91 Å². The van der Waals surface area contributed by atoms with Crippen LogP contribution in [0.2, 0.25) is 10.2 Å². The van der Waals surface area contributed by atoms with Gasteiger partial charge in [0.2, 0.25) is 0 Å². The average molecular weight is 550 g/mol. The molecule has 1 aromatic carbocycles. The highest BCUT2D eigenvalue weighted by molar-refractivity contribution is 6.32. The molecule has 0 bridgehead atoms. The van der Waals surface area contributed by atoms with Crippen LogP contribution < -0.4 is 16.4 Å². The molecule has 3 heterocycles. The third-order valence-electron chi connectivity index (χ3n) is 7.29. The van der Waals surface area contributed by atoms with E-state index in [1.165, 1.54) is 7.11 Å². The third kappa shape index (κ3) is 6.09. The van der Waals surface area contributed by atoms with Crippen LogP contribution in [0, 0.1) is 0 Å². The molecular weight excluding hydrogens is 517 g/mol. The molecular formula is C25H33Cl2N7O3. The Hall–Kier alpha value is -2.66. The molecule has 2 aliphatic rings. The number of nitrogens with two attached hydrogens (primary N) is 2. The van der Waals surface area contributed by atoms with E-state index < -0.39 is 5.91 Å². The van der Waals surface area contributed by atoms with Crippen molar-refractivity contribution >= 4 is 46.7 Å². The Morgan fingerprint density at radius 3 is 2.51 bits per heavy atom. The number of benzene rings is 1. The van der Waals surface area contributed by atoms with Crippen LogP contribution in [0.4, 0.5) is 11.6 Å². The van der Waals surface area contributed by atoms with E-state index in [1.807, 2.05) is 12.1 Å². The van der Waals surface area contributed by atoms with Crippen molar-refractivity contribution in [2.45, 2.75) is 44.8 Å². The molecule has 10 nitrogen and oxygen atoms in total. The lowest BCUT2D eigenvalue weighted by Crippen LogP contribution is -2.58. The Labute approximate surface area is 226 Å². The summed E-state index contributed by atoms with van der Waals surface area (Å²) in [6, 6.07) is 6.18. The number of carbonyl (C=O) groups excluding carboxylic acids is 2. The number of nitrogen functional groups attached to an aromatic ring is 1. The highest BCUT2D eigenvalue weighted by atomic mass is 35.5. The van der Waals surface area contributed by atoms with E-state index >= 15 is 0 Å². The van der Waals surface area contributed by atoms with Gasteiger partial charge in [-0.05, 0) is 50.0 Å². The number of rotatable bonds is 7. The van der Waals surface area contributed by atoms with E-state index in [0.717, 1.165) is 57.5 Å². The van der Waals surface area contributed by atoms with E-state index in [2.05, 4.69) is 31.6 Å². The summed E-state index contributed by atoms with van der Waals surface area (Å²) < 4.78 is 4.94. The minimum absolute atomic E-state index is 0.00852. The number of hydrogen-bond acceptors (Lipinski definition) is 9. The van der Waals surface area contributed by atoms with Crippen molar-refractivity contribution in [3.8, 4) is 0 Å². The molecule has 12 heteroatoms. The van der Waals surface area contributed by atoms with Gasteiger partial charge in [-0.3, -0.25) is 14.6 Å². The molecule has 200 valence electrons. The van der Waals surface area contributed by atoms with Gasteiger partial charge in [-0.2, -0.15) is 0 Å². The molecule has 4 N–H and O–H groups in total. The van der Waals surface area contributed by atoms with Crippen LogP contribution in [0.5, 0.6) is 0 Å². The van der Waals surface area contributed by atoms with Gasteiger partial charge in [-0.15, -0.1) is 0 Å². The maximum atomic E-state index is 12.2. The zero-order valence-electron chi connectivity index (χ0n) is 21.1. The number of primary amides is 1. The topological polar surface area (TPSA) is 131 Å². The van der Waals surface area contributed by atoms with Crippen LogP contribution in [0.3, 0.4) is 0 Å². The number of methoxy groups -OCH3 is 1. The van der Waals surface area contributed by atoms with Crippen LogP contribution in [0.1, 0.15) is 52.6 Å². The number of anilines is 2. The van der Waals surface area contributed by atoms with Gasteiger partial charge in [0.1, 0.15) is 0 Å². The number of carbonyl (C=O) groups is 2. The first-order valence-corrected chi connectivity index (χ1v) is 13.2. The largest absolute Gasteiger partial charge is 0.465 e. The monoisotopic (exact) mass is 549 g/mol. The van der Waals surface area contributed by atoms with E-state index in [0.29, 0.717) is 35.0 Å². The van der Waals surface area contributed by atoms with E-state index in [-0.39, 0.29) is 22.6 Å². The number of aromatic nitrogens is 2. The molecule has 2 aromatic rings. The zero-order valence-corrected chi connectivity index (χ0v) is 22.6. The predicted octanol–water partition coefficient (Wildman–Crippen LogP) is 2.82. The summed E-state index contributed by atoms with van der Waals surface area (Å²) in [5, 5.41) is 0.652. The standard InChI is InChI=1S/C25H33Cl2N7O3/c1-3-17-14-33(24-21(27)30-20(23(29)35)22(28)31-24)10-11-34(17)18-6-8-32(9-7-18)13-15-4-5-16(26)12-19(15)25(36)37-2/h4-5,12,17-18H,3,6-11,13-14H2,1-2H3,(H2,28,31)(H2,29,35)/t17-/m0/s1. The zero-order chi connectivity index (χ0) is 26.7. The van der Waals surface area contributed by atoms with Crippen molar-refractivity contribution < 1.29 is 14.3 Å². The van der Waals surface area contributed by atoms with Crippen LogP contribution in [-0.4, -0.2) is 83.6 Å². The summed E-state index contributed by atoms with van der Waals surface area (Å²) in [4.78, 5) is 39.2. The van der Waals surface area contributed by atoms with Gasteiger partial charge < -0.3 is 21.1 Å². The van der Waals surface area contributed by atoms with Crippen molar-refractivity contribution in [1.29, 1.82) is 0 Å². The lowest BCUT2D eigenvalue weighted by molar-refractivity contribution is 0.0576. The number of esters is 1. The van der Waals surface area contributed by atoms with Gasteiger partial charge in [0.15, 0.2) is 22.5 Å². The van der Waals surface area contributed by atoms with Crippen LogP contribution in [-0.2, 0) is 11.3 Å². The summed E-state index contributed by atoms with van der Waals surface area (Å²) in [6.45, 7) is 7.08. The van der Waals surface area contributed by atoms with Crippen molar-refractivity contribution in [1.82, 2.24) is 19.8 Å². The minimum atomic E-state index is -0.751. The highest BCUT2D eigenvalue weighted by Gasteiger charge is 2.34. The van der Waals surface area contributed by atoms with Gasteiger partial charge in [-0.25, -0.2) is 14.8 Å². The smallest absolute Gasteiger partial charge is 0.338 e. The van der Waals surface area contributed by atoms with Gasteiger partial charge >= 0.3 is 5.97 Å². The number of ether oxygens (including phenoxy) is 1. The van der Waals surface area contributed by atoms with E-state index in [1.54, 1.807) is 6.07 Å². The van der Waals surface area contributed by atoms with Crippen molar-refractivity contribution in [3.63, 3.8) is 0 Å². The first-order chi connectivity index (χ1) is 17.7. The number of hydrogen-bond donors (Lipinski definition) is 2. The Bertz CT molecular complexity index is 1160. The summed E-state index contributed by atoms with van der Waals surface area (Å²) >= 11 is 12.5. The first kappa shape index (κ1) is 27.4. The fraction of sp³-hybridized carbons (Fsp3) is 0.520. The second kappa shape index (κ2) is 11.8. The minimum Gasteiger partial charge on any atom is -0.465 e. The predicted molar refractivity (Wildman–Crippen MR) is 144 cm³/mol. The third-order valence-corrected chi connectivity index (χ3v) is 7.78. The molecule has 2 saturated heterocycles. The molecule has 0 unspecified atom stereocenters. The van der Waals surface area contributed by atoms with Gasteiger partial charge in [0, 0.05) is 43.3 Å². The fourth-order valence-corrected chi connectivity index (χ4v) is 5.76. The van der Waals surface area contributed by atoms with Crippen molar-refractivity contribution in [2.75, 3.05) is 50.5 Å². The first-order valence-electron chi connectivity index (χ1n) is 12.4. The van der Waals surface area contributed by atoms with Crippen LogP contribution in [0.25, 0.3) is 0 Å². The number of piperidine rings is 1. The molecule has 1 amide bonds. The number of amides is 1. The molecule has 37 heavy (non-hydrogen) atoms. The summed E-state index contributed by atoms with van der Waals surface area (Å²) in [6.07, 6.45) is 3.06. The van der Waals surface area contributed by atoms with Crippen LogP contribution >= 0.6 is 23.2 Å². The van der Waals surface area contributed by atoms with Crippen molar-refractivity contribution in [2.24, 2.45) is 5.73 Å². The Morgan fingerprint density at radius 2 is 1.86 bits per heavy atom. The Balaban J connectivity index is 1.38. The molecule has 0 radical (unpaired) electrons. The quantitative estimate of drug-likeness (QED) is 0.500. The Morgan fingerprint density at radius 1 is 1.14 bits per heavy atom. The number of nitrogens with zero attached hydrogens (tertiary/aromatic N) is 5.